The quantitative estimate of drug-likeness (QED) is 0.821. The Morgan fingerprint density at radius 2 is 2.38 bits per heavy atom. The van der Waals surface area contributed by atoms with Crippen LogP contribution in [0.3, 0.4) is 0 Å². The van der Waals surface area contributed by atoms with Crippen molar-refractivity contribution in [3.8, 4) is 0 Å². The van der Waals surface area contributed by atoms with E-state index < -0.39 is 0 Å². The van der Waals surface area contributed by atoms with Gasteiger partial charge in [0.2, 0.25) is 0 Å². The van der Waals surface area contributed by atoms with E-state index in [1.807, 2.05) is 6.07 Å². The largest absolute Gasteiger partial charge is 0.325 e. The fourth-order valence-electron chi connectivity index (χ4n) is 1.62. The predicted molar refractivity (Wildman–Crippen MR) is 57.3 cm³/mol. The van der Waals surface area contributed by atoms with Gasteiger partial charge in [-0.1, -0.05) is 11.6 Å². The lowest BCUT2D eigenvalue weighted by molar-refractivity contribution is 0.104. The Balaban J connectivity index is 2.01. The minimum absolute atomic E-state index is 0.372. The van der Waals surface area contributed by atoms with Gasteiger partial charge in [-0.15, -0.1) is 11.3 Å². The van der Waals surface area contributed by atoms with Gasteiger partial charge >= 0.3 is 0 Å². The van der Waals surface area contributed by atoms with Crippen LogP contribution in [-0.4, -0.2) is 24.0 Å². The third-order valence-corrected chi connectivity index (χ3v) is 3.67. The number of nitrogens with zero attached hydrogens (tertiary/aromatic N) is 1. The molecule has 1 aliphatic rings. The Labute approximate surface area is 87.3 Å². The molecule has 1 aliphatic heterocycles. The van der Waals surface area contributed by atoms with Crippen LogP contribution in [0.25, 0.3) is 0 Å². The van der Waals surface area contributed by atoms with E-state index in [-0.39, 0.29) is 0 Å². The molecular weight excluding hydrogens is 204 g/mol. The molecule has 0 amide bonds. The van der Waals surface area contributed by atoms with E-state index in [1.54, 1.807) is 11.3 Å². The first-order chi connectivity index (χ1) is 6.16. The summed E-state index contributed by atoms with van der Waals surface area (Å²) in [7, 11) is 0. The predicted octanol–water partition coefficient (Wildman–Crippen LogP) is 2.11. The van der Waals surface area contributed by atoms with Crippen LogP contribution >= 0.6 is 22.9 Å². The van der Waals surface area contributed by atoms with Gasteiger partial charge in [-0.05, 0) is 23.9 Å². The summed E-state index contributed by atoms with van der Waals surface area (Å²) in [5.74, 6) is 0. The number of hydrogen-bond acceptors (Lipinski definition) is 3. The summed E-state index contributed by atoms with van der Waals surface area (Å²) in [5, 5.41) is 2.12. The summed E-state index contributed by atoms with van der Waals surface area (Å²) in [6.07, 6.45) is 0. The van der Waals surface area contributed by atoms with Gasteiger partial charge in [-0.25, -0.2) is 0 Å². The van der Waals surface area contributed by atoms with Crippen molar-refractivity contribution in [1.29, 1.82) is 0 Å². The zero-order chi connectivity index (χ0) is 9.42. The van der Waals surface area contributed by atoms with Crippen LogP contribution in [0.4, 0.5) is 0 Å². The average Bonchev–Trinajstić information content (AvgIpc) is 2.45. The van der Waals surface area contributed by atoms with Crippen LogP contribution in [0.15, 0.2) is 11.4 Å². The molecule has 2 nitrogen and oxygen atoms in total. The monoisotopic (exact) mass is 216 g/mol. The topological polar surface area (TPSA) is 29.3 Å². The molecule has 13 heavy (non-hydrogen) atoms. The molecule has 1 saturated heterocycles. The second kappa shape index (κ2) is 3.58. The lowest BCUT2D eigenvalue weighted by atomic mass is 10.0. The number of hydrogen-bond donors (Lipinski definition) is 1. The molecule has 4 heteroatoms. The number of likely N-dealkylation sites (tertiary alicyclic amines) is 1. The van der Waals surface area contributed by atoms with Gasteiger partial charge in [0.1, 0.15) is 0 Å². The Morgan fingerprint density at radius 3 is 2.85 bits per heavy atom. The molecule has 0 spiro atoms. The highest BCUT2D eigenvalue weighted by atomic mass is 35.5. The van der Waals surface area contributed by atoms with Crippen molar-refractivity contribution in [2.24, 2.45) is 5.73 Å². The minimum atomic E-state index is 0.372. The van der Waals surface area contributed by atoms with Crippen molar-refractivity contribution in [3.05, 3.63) is 21.3 Å². The van der Waals surface area contributed by atoms with Crippen molar-refractivity contribution in [3.63, 3.8) is 0 Å². The smallest absolute Gasteiger partial charge is 0.0931 e. The van der Waals surface area contributed by atoms with E-state index in [9.17, 15) is 0 Å². The fourth-order valence-corrected chi connectivity index (χ4v) is 2.60. The van der Waals surface area contributed by atoms with E-state index in [0.29, 0.717) is 12.1 Å². The Hall–Kier alpha value is -0.0900. The third kappa shape index (κ3) is 1.89. The van der Waals surface area contributed by atoms with Gasteiger partial charge in [-0.3, -0.25) is 4.90 Å². The van der Waals surface area contributed by atoms with Gasteiger partial charge in [0.05, 0.1) is 4.34 Å². The van der Waals surface area contributed by atoms with E-state index in [2.05, 4.69) is 17.2 Å². The van der Waals surface area contributed by atoms with E-state index in [4.69, 9.17) is 17.3 Å². The Morgan fingerprint density at radius 1 is 1.69 bits per heavy atom. The molecule has 2 heterocycles. The van der Waals surface area contributed by atoms with E-state index in [0.717, 1.165) is 17.4 Å². The van der Waals surface area contributed by atoms with Crippen LogP contribution < -0.4 is 5.73 Å². The first-order valence-corrected chi connectivity index (χ1v) is 5.66. The molecule has 1 unspecified atom stereocenters. The van der Waals surface area contributed by atoms with Crippen LogP contribution in [0.1, 0.15) is 18.5 Å². The molecule has 1 fully saturated rings. The fraction of sp³-hybridized carbons (Fsp3) is 0.556. The molecule has 1 aromatic heterocycles. The van der Waals surface area contributed by atoms with E-state index in [1.165, 1.54) is 5.56 Å². The van der Waals surface area contributed by atoms with Crippen molar-refractivity contribution in [1.82, 2.24) is 4.90 Å². The summed E-state index contributed by atoms with van der Waals surface area (Å²) in [5.41, 5.74) is 7.03. The zero-order valence-corrected chi connectivity index (χ0v) is 9.11. The van der Waals surface area contributed by atoms with Crippen LogP contribution in [0.2, 0.25) is 4.34 Å². The first kappa shape index (κ1) is 9.46. The lowest BCUT2D eigenvalue weighted by Crippen LogP contribution is -2.56. The van der Waals surface area contributed by atoms with Gasteiger partial charge in [0, 0.05) is 25.2 Å². The van der Waals surface area contributed by atoms with Gasteiger partial charge in [0.15, 0.2) is 0 Å². The highest BCUT2D eigenvalue weighted by molar-refractivity contribution is 7.14. The molecular formula is C9H13ClN2S. The molecule has 0 saturated carbocycles. The second-order valence-corrected chi connectivity index (χ2v) is 5.12. The highest BCUT2D eigenvalue weighted by Crippen LogP contribution is 2.30. The summed E-state index contributed by atoms with van der Waals surface area (Å²) < 4.78 is 0.867. The molecule has 0 aromatic carbocycles. The first-order valence-electron chi connectivity index (χ1n) is 4.40. The Bertz CT molecular complexity index is 294. The molecule has 0 aliphatic carbocycles. The maximum Gasteiger partial charge on any atom is 0.0931 e. The molecule has 0 bridgehead atoms. The number of thiophene rings is 1. The normalized spacial score (nSPS) is 21.5. The molecule has 2 rings (SSSR count). The number of halogens is 1. The molecule has 1 aromatic rings. The summed E-state index contributed by atoms with van der Waals surface area (Å²) in [6.45, 7) is 4.22. The minimum Gasteiger partial charge on any atom is -0.325 e. The standard InChI is InChI=1S/C9H13ClN2S/c1-6(12-3-8(11)4-12)7-2-9(10)13-5-7/h2,5-6,8H,3-4,11H2,1H3. The Kier molecular flexibility index (Phi) is 2.60. The summed E-state index contributed by atoms with van der Waals surface area (Å²) in [4.78, 5) is 2.36. The van der Waals surface area contributed by atoms with Crippen molar-refractivity contribution < 1.29 is 0 Å². The summed E-state index contributed by atoms with van der Waals surface area (Å²) >= 11 is 7.47. The summed E-state index contributed by atoms with van der Waals surface area (Å²) in [6, 6.07) is 2.88. The third-order valence-electron chi connectivity index (χ3n) is 2.56. The van der Waals surface area contributed by atoms with Crippen molar-refractivity contribution in [2.75, 3.05) is 13.1 Å². The second-order valence-electron chi connectivity index (χ2n) is 3.57. The van der Waals surface area contributed by atoms with Crippen molar-refractivity contribution >= 4 is 22.9 Å². The highest BCUT2D eigenvalue weighted by Gasteiger charge is 2.28. The van der Waals surface area contributed by atoms with Gasteiger partial charge in [-0.2, -0.15) is 0 Å². The zero-order valence-electron chi connectivity index (χ0n) is 7.53. The number of rotatable bonds is 2. The average molecular weight is 217 g/mol. The van der Waals surface area contributed by atoms with E-state index >= 15 is 0 Å². The van der Waals surface area contributed by atoms with Crippen LogP contribution in [0, 0.1) is 0 Å². The SMILES string of the molecule is CC(c1csc(Cl)c1)N1CC(N)C1. The van der Waals surface area contributed by atoms with Crippen molar-refractivity contribution in [2.45, 2.75) is 19.0 Å². The van der Waals surface area contributed by atoms with Gasteiger partial charge < -0.3 is 5.73 Å². The maximum atomic E-state index is 5.87. The van der Waals surface area contributed by atoms with Crippen LogP contribution in [-0.2, 0) is 0 Å². The molecule has 72 valence electrons. The maximum absolute atomic E-state index is 5.87. The molecule has 1 atom stereocenters. The van der Waals surface area contributed by atoms with Crippen LogP contribution in [0.5, 0.6) is 0 Å². The van der Waals surface area contributed by atoms with Gasteiger partial charge in [0.25, 0.3) is 0 Å². The molecule has 0 radical (unpaired) electrons. The molecule has 2 N–H and O–H groups in total. The number of nitrogens with two attached hydrogens (primary N) is 1. The lowest BCUT2D eigenvalue weighted by Gasteiger charge is -2.41.